The van der Waals surface area contributed by atoms with E-state index in [2.05, 4.69) is 33.9 Å². The minimum absolute atomic E-state index is 0.0101. The first-order chi connectivity index (χ1) is 22.8. The maximum absolute atomic E-state index is 13.0. The van der Waals surface area contributed by atoms with Crippen LogP contribution in [0.15, 0.2) is 53.4 Å². The van der Waals surface area contributed by atoms with Crippen molar-refractivity contribution in [3.8, 4) is 0 Å². The monoisotopic (exact) mass is 782 g/mol. The quantitative estimate of drug-likeness (QED) is 0.180. The van der Waals surface area contributed by atoms with Gasteiger partial charge in [-0.15, -0.1) is 5.75 Å². The van der Waals surface area contributed by atoms with Gasteiger partial charge in [0, 0.05) is 35.1 Å². The summed E-state index contributed by atoms with van der Waals surface area (Å²) in [5.74, 6) is -4.31. The average molecular weight is 784 g/mol. The SMILES string of the molecule is CS(=O)(=O)c1ccc(C2=C(c3ccc(C(=O)NC(CCCN)C(=O)C[N-]C(=O)C[N-]C(=O)C[N-]C(=O)C[S-])cc3)C(=O)OC2)cc1.[O]=[Tc+4]. The molecule has 0 spiro atoms. The molecule has 3 N–H and O–H groups in total. The van der Waals surface area contributed by atoms with Crippen molar-refractivity contribution in [3.63, 3.8) is 0 Å². The number of cyclic esters (lactones) is 1. The zero-order chi connectivity index (χ0) is 35.9. The average Bonchev–Trinajstić information content (AvgIpc) is 3.48. The Bertz CT molecular complexity index is 1650. The van der Waals surface area contributed by atoms with Gasteiger partial charge in [0.15, 0.2) is 9.84 Å². The molecule has 255 valence electrons. The number of benzene rings is 2. The number of hydrogen-bond donors (Lipinski definition) is 2. The number of rotatable bonds is 16. The number of Topliss-reactive ketones (excluding diaryl/α,β-unsaturated/α-hetero) is 1. The van der Waals surface area contributed by atoms with Crippen LogP contribution in [-0.4, -0.2) is 94.6 Å². The molecule has 0 aromatic heterocycles. The second-order valence-electron chi connectivity index (χ2n) is 10.0. The standard InChI is InChI=1S/C30H35N5O9S2.O.Tc/c1-46(42,43)21-10-8-18(9-11-21)22-16-44-30(41)28(22)19-4-6-20(7-5-19)29(40)35-23(3-2-12-31)24(36)13-32-25(37)14-33-26(38)15-34-27(39)17-45;;/h4-11,23H,2-3,12-17,31H2,1H3,(H5,32,33,34,35,37,38,39,40,45);;/q;;+4/p-4. The maximum atomic E-state index is 13.0. The van der Waals surface area contributed by atoms with E-state index in [1.807, 2.05) is 0 Å². The van der Waals surface area contributed by atoms with Crippen LogP contribution in [0.3, 0.4) is 0 Å². The number of esters is 1. The van der Waals surface area contributed by atoms with Gasteiger partial charge in [-0.2, -0.15) is 0 Å². The van der Waals surface area contributed by atoms with Crippen LogP contribution in [0.25, 0.3) is 27.1 Å². The fourth-order valence-corrected chi connectivity index (χ4v) is 4.95. The number of ketones is 1. The van der Waals surface area contributed by atoms with Crippen molar-refractivity contribution in [2.45, 2.75) is 23.8 Å². The molecule has 0 radical (unpaired) electrons. The van der Waals surface area contributed by atoms with Crippen LogP contribution >= 0.6 is 0 Å². The molecule has 0 saturated heterocycles. The van der Waals surface area contributed by atoms with Crippen LogP contribution < -0.4 is 11.1 Å². The molecule has 48 heavy (non-hydrogen) atoms. The summed E-state index contributed by atoms with van der Waals surface area (Å²) >= 11 is 5.40. The minimum atomic E-state index is -3.40. The second kappa shape index (κ2) is 19.7. The summed E-state index contributed by atoms with van der Waals surface area (Å²) in [4.78, 5) is 73.3. The van der Waals surface area contributed by atoms with E-state index in [0.29, 0.717) is 23.1 Å². The molecule has 1 heterocycles. The number of nitrogens with one attached hydrogen (secondary N) is 1. The normalized spacial score (nSPS) is 13.0. The molecular formula is C30H31N5O10S2Tc. The summed E-state index contributed by atoms with van der Waals surface area (Å²) in [5.41, 5.74) is 7.67. The van der Waals surface area contributed by atoms with Gasteiger partial charge in [0.05, 0.1) is 16.5 Å². The van der Waals surface area contributed by atoms with Gasteiger partial charge in [0.1, 0.15) is 12.4 Å². The Morgan fingerprint density at radius 2 is 1.44 bits per heavy atom. The summed E-state index contributed by atoms with van der Waals surface area (Å²) < 4.78 is 37.1. The molecule has 0 bridgehead atoms. The van der Waals surface area contributed by atoms with E-state index in [4.69, 9.17) is 14.0 Å². The van der Waals surface area contributed by atoms with Crippen LogP contribution in [0.2, 0.25) is 0 Å². The molecule has 2 aromatic rings. The molecule has 0 aliphatic carbocycles. The molecule has 1 unspecified atom stereocenters. The molecule has 1 atom stereocenters. The van der Waals surface area contributed by atoms with Crippen molar-refractivity contribution in [1.29, 1.82) is 0 Å². The zero-order valence-corrected chi connectivity index (χ0v) is 29.0. The zero-order valence-electron chi connectivity index (χ0n) is 25.5. The first kappa shape index (κ1) is 40.1. The van der Waals surface area contributed by atoms with Gasteiger partial charge < -0.3 is 58.8 Å². The van der Waals surface area contributed by atoms with Gasteiger partial charge in [0.25, 0.3) is 5.91 Å². The first-order valence-electron chi connectivity index (χ1n) is 14.0. The van der Waals surface area contributed by atoms with E-state index >= 15 is 0 Å². The number of carbonyl (C=O) groups excluding carboxylic acids is 6. The first-order valence-corrected chi connectivity index (χ1v) is 17.3. The number of nitrogens with two attached hydrogens (primary N) is 1. The Labute approximate surface area is 293 Å². The third-order valence-corrected chi connectivity index (χ3v) is 8.00. The molecule has 2 aromatic carbocycles. The van der Waals surface area contributed by atoms with E-state index in [9.17, 15) is 37.2 Å². The third kappa shape index (κ3) is 12.2. The van der Waals surface area contributed by atoms with Gasteiger partial charge in [-0.05, 0) is 54.8 Å². The number of nitrogens with zero attached hydrogens (tertiary/aromatic N) is 3. The number of ether oxygens (including phenoxy) is 1. The van der Waals surface area contributed by atoms with Gasteiger partial charge >= 0.3 is 28.3 Å². The van der Waals surface area contributed by atoms with Gasteiger partial charge in [-0.3, -0.25) is 9.59 Å². The van der Waals surface area contributed by atoms with Crippen LogP contribution in [0.5, 0.6) is 0 Å². The van der Waals surface area contributed by atoms with Crippen molar-refractivity contribution in [2.24, 2.45) is 5.73 Å². The molecule has 18 heteroatoms. The molecule has 1 aliphatic rings. The second-order valence-corrected chi connectivity index (χ2v) is 12.3. The summed E-state index contributed by atoms with van der Waals surface area (Å²) in [5, 5.41) is 13.1. The van der Waals surface area contributed by atoms with E-state index < -0.39 is 70.9 Å². The molecule has 0 fully saturated rings. The number of sulfone groups is 1. The fourth-order valence-electron chi connectivity index (χ4n) is 4.23. The Balaban J connectivity index is 0.00000392. The molecule has 3 rings (SSSR count). The van der Waals surface area contributed by atoms with Gasteiger partial charge in [0.2, 0.25) is 0 Å². The summed E-state index contributed by atoms with van der Waals surface area (Å²) in [7, 11) is -3.40. The van der Waals surface area contributed by atoms with E-state index in [-0.39, 0.29) is 41.4 Å². The molecule has 4 amide bonds. The summed E-state index contributed by atoms with van der Waals surface area (Å²) in [6.45, 7) is -1.51. The van der Waals surface area contributed by atoms with Crippen molar-refractivity contribution < 1.29 is 64.3 Å². The summed E-state index contributed by atoms with van der Waals surface area (Å²) in [6, 6.07) is 11.1. The van der Waals surface area contributed by atoms with Crippen LogP contribution in [0, 0.1) is 0 Å². The predicted octanol–water partition coefficient (Wildman–Crippen LogP) is 1.09. The molecule has 0 saturated carbocycles. The Hall–Kier alpha value is -4.09. The van der Waals surface area contributed by atoms with Crippen LogP contribution in [-0.2, 0) is 73.5 Å². The predicted molar refractivity (Wildman–Crippen MR) is 171 cm³/mol. The van der Waals surface area contributed by atoms with Gasteiger partial charge in [-0.25, -0.2) is 13.2 Å². The molecule has 1 aliphatic heterocycles. The van der Waals surface area contributed by atoms with Crippen molar-refractivity contribution >= 4 is 69.0 Å². The van der Waals surface area contributed by atoms with Gasteiger partial charge in [-0.1, -0.05) is 43.9 Å². The Kier molecular flexibility index (Phi) is 16.4. The van der Waals surface area contributed by atoms with E-state index in [1.165, 1.54) is 24.3 Å². The van der Waals surface area contributed by atoms with Crippen molar-refractivity contribution in [1.82, 2.24) is 5.32 Å². The number of amides is 4. The van der Waals surface area contributed by atoms with E-state index in [0.717, 1.165) is 25.1 Å². The Morgan fingerprint density at radius 3 is 1.98 bits per heavy atom. The topological polar surface area (TPSA) is 243 Å². The van der Waals surface area contributed by atoms with Crippen LogP contribution in [0.4, 0.5) is 0 Å². The summed E-state index contributed by atoms with van der Waals surface area (Å²) in [6.07, 6.45) is 1.67. The number of hydrogen-bond acceptors (Lipinski definition) is 12. The van der Waals surface area contributed by atoms with E-state index in [1.54, 1.807) is 24.3 Å². The van der Waals surface area contributed by atoms with Crippen LogP contribution in [0.1, 0.15) is 34.3 Å². The van der Waals surface area contributed by atoms with Crippen molar-refractivity contribution in [3.05, 3.63) is 81.2 Å². The number of carbonyl (C=O) groups is 6. The van der Waals surface area contributed by atoms with Crippen molar-refractivity contribution in [2.75, 3.05) is 44.8 Å². The fraction of sp³-hybridized carbons (Fsp3) is 0.333. The molecule has 15 nitrogen and oxygen atoms in total. The third-order valence-electron chi connectivity index (χ3n) is 6.63. The molecular weight excluding hydrogens is 752 g/mol. The Morgan fingerprint density at radius 1 is 0.896 bits per heavy atom.